The van der Waals surface area contributed by atoms with Crippen LogP contribution in [0.2, 0.25) is 5.02 Å². The van der Waals surface area contributed by atoms with Gasteiger partial charge in [-0.15, -0.1) is 0 Å². The number of nitrogens with zero attached hydrogens (tertiary/aromatic N) is 1. The van der Waals surface area contributed by atoms with Gasteiger partial charge in [0.2, 0.25) is 5.91 Å². The van der Waals surface area contributed by atoms with E-state index in [0.29, 0.717) is 13.1 Å². The molecule has 4 heteroatoms. The third-order valence-corrected chi connectivity index (χ3v) is 4.22. The maximum Gasteiger partial charge on any atom is 0.239 e. The van der Waals surface area contributed by atoms with E-state index < -0.39 is 0 Å². The zero-order valence-electron chi connectivity index (χ0n) is 12.4. The molecule has 0 saturated heterocycles. The largest absolute Gasteiger partial charge is 0.362 e. The molecule has 3 rings (SSSR count). The van der Waals surface area contributed by atoms with Crippen molar-refractivity contribution in [2.75, 3.05) is 24.5 Å². The van der Waals surface area contributed by atoms with Crippen molar-refractivity contribution in [2.45, 2.75) is 12.8 Å². The highest BCUT2D eigenvalue weighted by atomic mass is 35.5. The first kappa shape index (κ1) is 14.9. The predicted molar refractivity (Wildman–Crippen MR) is 90.5 cm³/mol. The van der Waals surface area contributed by atoms with Gasteiger partial charge in [-0.05, 0) is 42.2 Å². The Balaban J connectivity index is 1.46. The fourth-order valence-electron chi connectivity index (χ4n) is 2.80. The van der Waals surface area contributed by atoms with Crippen molar-refractivity contribution in [1.82, 2.24) is 5.32 Å². The molecule has 3 nitrogen and oxygen atoms in total. The molecule has 0 aromatic heterocycles. The summed E-state index contributed by atoms with van der Waals surface area (Å²) >= 11 is 5.86. The van der Waals surface area contributed by atoms with E-state index in [9.17, 15) is 4.79 Å². The number of nitrogens with one attached hydrogen (secondary N) is 1. The van der Waals surface area contributed by atoms with Gasteiger partial charge in [-0.3, -0.25) is 4.79 Å². The summed E-state index contributed by atoms with van der Waals surface area (Å²) in [6.45, 7) is 2.00. The number of hydrogen-bond donors (Lipinski definition) is 1. The molecule has 114 valence electrons. The molecule has 1 heterocycles. The maximum atomic E-state index is 12.1. The topological polar surface area (TPSA) is 32.3 Å². The van der Waals surface area contributed by atoms with Crippen LogP contribution in [0.4, 0.5) is 5.69 Å². The SMILES string of the molecule is O=C(CN1CCc2ccccc21)NCCc1ccc(Cl)cc1. The lowest BCUT2D eigenvalue weighted by Crippen LogP contribution is -2.37. The number of anilines is 1. The lowest BCUT2D eigenvalue weighted by Gasteiger charge is -2.18. The van der Waals surface area contributed by atoms with Gasteiger partial charge in [0.1, 0.15) is 0 Å². The number of para-hydroxylation sites is 1. The van der Waals surface area contributed by atoms with Crippen LogP contribution >= 0.6 is 11.6 Å². The standard InChI is InChI=1S/C18H19ClN2O/c19-16-7-5-14(6-8-16)9-11-20-18(22)13-21-12-10-15-3-1-2-4-17(15)21/h1-8H,9-13H2,(H,20,22). The van der Waals surface area contributed by atoms with Crippen molar-refractivity contribution in [2.24, 2.45) is 0 Å². The molecule has 1 amide bonds. The normalized spacial score (nSPS) is 13.0. The van der Waals surface area contributed by atoms with Crippen LogP contribution in [0.5, 0.6) is 0 Å². The molecule has 0 spiro atoms. The van der Waals surface area contributed by atoms with Crippen molar-refractivity contribution in [3.8, 4) is 0 Å². The third kappa shape index (κ3) is 3.60. The summed E-state index contributed by atoms with van der Waals surface area (Å²) in [6.07, 6.45) is 1.84. The van der Waals surface area contributed by atoms with Crippen LogP contribution in [0, 0.1) is 0 Å². The van der Waals surface area contributed by atoms with Gasteiger partial charge in [0, 0.05) is 23.8 Å². The summed E-state index contributed by atoms with van der Waals surface area (Å²) in [4.78, 5) is 14.2. The number of carbonyl (C=O) groups excluding carboxylic acids is 1. The number of hydrogen-bond acceptors (Lipinski definition) is 2. The minimum atomic E-state index is 0.0747. The van der Waals surface area contributed by atoms with Crippen LogP contribution in [0.25, 0.3) is 0 Å². The van der Waals surface area contributed by atoms with Crippen molar-refractivity contribution in [3.05, 3.63) is 64.7 Å². The summed E-state index contributed by atoms with van der Waals surface area (Å²) in [5, 5.41) is 3.73. The first-order valence-electron chi connectivity index (χ1n) is 7.56. The minimum Gasteiger partial charge on any atom is -0.362 e. The van der Waals surface area contributed by atoms with Crippen LogP contribution in [-0.2, 0) is 17.6 Å². The minimum absolute atomic E-state index is 0.0747. The van der Waals surface area contributed by atoms with E-state index in [1.54, 1.807) is 0 Å². The van der Waals surface area contributed by atoms with Gasteiger partial charge < -0.3 is 10.2 Å². The van der Waals surface area contributed by atoms with Gasteiger partial charge in [0.05, 0.1) is 6.54 Å². The number of carbonyl (C=O) groups is 1. The Morgan fingerprint density at radius 2 is 1.91 bits per heavy atom. The average Bonchev–Trinajstić information content (AvgIpc) is 2.93. The highest BCUT2D eigenvalue weighted by molar-refractivity contribution is 6.30. The van der Waals surface area contributed by atoms with Crippen molar-refractivity contribution >= 4 is 23.2 Å². The van der Waals surface area contributed by atoms with Crippen LogP contribution < -0.4 is 10.2 Å². The zero-order chi connectivity index (χ0) is 15.4. The maximum absolute atomic E-state index is 12.1. The lowest BCUT2D eigenvalue weighted by atomic mass is 10.1. The molecule has 1 aliphatic heterocycles. The Bertz CT molecular complexity index is 654. The molecule has 0 saturated carbocycles. The summed E-state index contributed by atoms with van der Waals surface area (Å²) in [6, 6.07) is 16.0. The molecule has 0 radical (unpaired) electrons. The number of benzene rings is 2. The van der Waals surface area contributed by atoms with Gasteiger partial charge in [-0.2, -0.15) is 0 Å². The monoisotopic (exact) mass is 314 g/mol. The second-order valence-electron chi connectivity index (χ2n) is 5.53. The summed E-state index contributed by atoms with van der Waals surface area (Å²) in [5.41, 5.74) is 3.70. The van der Waals surface area contributed by atoms with Crippen molar-refractivity contribution < 1.29 is 4.79 Å². The second kappa shape index (κ2) is 6.84. The number of halogens is 1. The molecular formula is C18H19ClN2O. The smallest absolute Gasteiger partial charge is 0.239 e. The highest BCUT2D eigenvalue weighted by Gasteiger charge is 2.20. The van der Waals surface area contributed by atoms with E-state index in [0.717, 1.165) is 24.4 Å². The molecule has 0 aliphatic carbocycles. The average molecular weight is 315 g/mol. The Morgan fingerprint density at radius 1 is 1.14 bits per heavy atom. The van der Waals surface area contributed by atoms with E-state index in [1.807, 2.05) is 30.3 Å². The molecule has 2 aromatic rings. The van der Waals surface area contributed by atoms with E-state index in [1.165, 1.54) is 16.8 Å². The van der Waals surface area contributed by atoms with Crippen LogP contribution in [0.15, 0.2) is 48.5 Å². The van der Waals surface area contributed by atoms with Crippen LogP contribution in [0.3, 0.4) is 0 Å². The molecule has 22 heavy (non-hydrogen) atoms. The Morgan fingerprint density at radius 3 is 2.73 bits per heavy atom. The number of rotatable bonds is 5. The van der Waals surface area contributed by atoms with E-state index in [-0.39, 0.29) is 5.91 Å². The molecule has 0 atom stereocenters. The quantitative estimate of drug-likeness (QED) is 0.920. The van der Waals surface area contributed by atoms with E-state index in [2.05, 4.69) is 28.4 Å². The fraction of sp³-hybridized carbons (Fsp3) is 0.278. The van der Waals surface area contributed by atoms with Gasteiger partial charge >= 0.3 is 0 Å². The summed E-state index contributed by atoms with van der Waals surface area (Å²) < 4.78 is 0. The number of fused-ring (bicyclic) bond motifs is 1. The third-order valence-electron chi connectivity index (χ3n) is 3.97. The molecule has 1 aliphatic rings. The number of amides is 1. The van der Waals surface area contributed by atoms with E-state index in [4.69, 9.17) is 11.6 Å². The van der Waals surface area contributed by atoms with Gasteiger partial charge in [0.25, 0.3) is 0 Å². The van der Waals surface area contributed by atoms with Crippen LogP contribution in [-0.4, -0.2) is 25.5 Å². The summed E-state index contributed by atoms with van der Waals surface area (Å²) in [5.74, 6) is 0.0747. The molecule has 0 unspecified atom stereocenters. The van der Waals surface area contributed by atoms with Crippen LogP contribution in [0.1, 0.15) is 11.1 Å². The molecule has 0 bridgehead atoms. The van der Waals surface area contributed by atoms with Crippen molar-refractivity contribution in [3.63, 3.8) is 0 Å². The predicted octanol–water partition coefficient (Wildman–Crippen LogP) is 3.06. The van der Waals surface area contributed by atoms with Crippen molar-refractivity contribution in [1.29, 1.82) is 0 Å². The molecule has 0 fully saturated rings. The van der Waals surface area contributed by atoms with Gasteiger partial charge in [-0.1, -0.05) is 41.9 Å². The van der Waals surface area contributed by atoms with E-state index >= 15 is 0 Å². The first-order chi connectivity index (χ1) is 10.7. The highest BCUT2D eigenvalue weighted by Crippen LogP contribution is 2.26. The molecular weight excluding hydrogens is 296 g/mol. The molecule has 1 N–H and O–H groups in total. The van der Waals surface area contributed by atoms with Gasteiger partial charge in [-0.25, -0.2) is 0 Å². The Kier molecular flexibility index (Phi) is 4.64. The molecule has 2 aromatic carbocycles. The summed E-state index contributed by atoms with van der Waals surface area (Å²) in [7, 11) is 0. The second-order valence-corrected chi connectivity index (χ2v) is 5.96. The lowest BCUT2D eigenvalue weighted by molar-refractivity contribution is -0.119. The Hall–Kier alpha value is -2.00. The first-order valence-corrected chi connectivity index (χ1v) is 7.94. The zero-order valence-corrected chi connectivity index (χ0v) is 13.1. The fourth-order valence-corrected chi connectivity index (χ4v) is 2.92. The van der Waals surface area contributed by atoms with Gasteiger partial charge in [0.15, 0.2) is 0 Å². The Labute approximate surface area is 135 Å².